The minimum atomic E-state index is -0.527. The maximum Gasteiger partial charge on any atom is 0.260 e. The summed E-state index contributed by atoms with van der Waals surface area (Å²) in [5.41, 5.74) is 0.545. The number of hydrogen-bond donors (Lipinski definition) is 4. The average Bonchev–Trinajstić information content (AvgIpc) is 2.47. The lowest BCUT2D eigenvalue weighted by molar-refractivity contribution is 0.207. The maximum atomic E-state index is 12.2. The van der Waals surface area contributed by atoms with Crippen LogP contribution in [0.25, 0.3) is 10.9 Å². The maximum absolute atomic E-state index is 12.2. The monoisotopic (exact) mass is 335 g/mol. The molecule has 0 saturated heterocycles. The van der Waals surface area contributed by atoms with E-state index in [9.17, 15) is 9.90 Å². The van der Waals surface area contributed by atoms with Gasteiger partial charge in [-0.05, 0) is 44.3 Å². The summed E-state index contributed by atoms with van der Waals surface area (Å²) < 4.78 is 0. The van der Waals surface area contributed by atoms with Crippen molar-refractivity contribution in [3.63, 3.8) is 0 Å². The molecule has 4 N–H and O–H groups in total. The Bertz CT molecular complexity index is 785. The van der Waals surface area contributed by atoms with E-state index < -0.39 is 5.54 Å². The second-order valence-corrected chi connectivity index (χ2v) is 6.55. The third kappa shape index (κ3) is 4.17. The van der Waals surface area contributed by atoms with Gasteiger partial charge in [-0.25, -0.2) is 4.98 Å². The quantitative estimate of drug-likeness (QED) is 0.621. The molecule has 7 nitrogen and oxygen atoms in total. The highest BCUT2D eigenvalue weighted by Crippen LogP contribution is 2.16. The normalized spacial score (nSPS) is 11.3. The number of aromatic nitrogens is 2. The predicted molar refractivity (Wildman–Crippen MR) is 97.2 cm³/mol. The van der Waals surface area contributed by atoms with Crippen LogP contribution in [0.4, 0.5) is 11.6 Å². The first-order chi connectivity index (χ1) is 10.7. The number of thiocarbonyl (C=S) groups is 1. The Morgan fingerprint density at radius 1 is 1.43 bits per heavy atom. The fourth-order valence-electron chi connectivity index (χ4n) is 1.93. The van der Waals surface area contributed by atoms with Gasteiger partial charge in [-0.2, -0.15) is 0 Å². The van der Waals surface area contributed by atoms with Crippen LogP contribution in [0.5, 0.6) is 0 Å². The fourth-order valence-corrected chi connectivity index (χ4v) is 2.32. The largest absolute Gasteiger partial charge is 0.394 e. The molecule has 0 atom stereocenters. The van der Waals surface area contributed by atoms with Gasteiger partial charge in [0, 0.05) is 19.8 Å². The van der Waals surface area contributed by atoms with E-state index in [1.165, 1.54) is 0 Å². The molecule has 8 heteroatoms. The molecule has 1 aromatic carbocycles. The van der Waals surface area contributed by atoms with Gasteiger partial charge in [0.2, 0.25) is 5.95 Å². The van der Waals surface area contributed by atoms with Crippen LogP contribution in [0.2, 0.25) is 0 Å². The Morgan fingerprint density at radius 2 is 2.13 bits per heavy atom. The molecule has 0 radical (unpaired) electrons. The van der Waals surface area contributed by atoms with Crippen LogP contribution in [0, 0.1) is 0 Å². The molecule has 0 aliphatic heterocycles. The Morgan fingerprint density at radius 3 is 2.74 bits per heavy atom. The Balaban J connectivity index is 2.27. The number of hydrogen-bond acceptors (Lipinski definition) is 5. The van der Waals surface area contributed by atoms with Crippen LogP contribution in [0.1, 0.15) is 13.8 Å². The van der Waals surface area contributed by atoms with Crippen LogP contribution in [-0.2, 0) is 0 Å². The molecule has 2 aromatic rings. The summed E-state index contributed by atoms with van der Waals surface area (Å²) in [6.45, 7) is 3.61. The first-order valence-electron chi connectivity index (χ1n) is 7.13. The van der Waals surface area contributed by atoms with Crippen molar-refractivity contribution in [3.8, 4) is 0 Å². The van der Waals surface area contributed by atoms with Crippen molar-refractivity contribution in [3.05, 3.63) is 28.6 Å². The van der Waals surface area contributed by atoms with Crippen LogP contribution >= 0.6 is 12.2 Å². The highest BCUT2D eigenvalue weighted by atomic mass is 32.1. The van der Waals surface area contributed by atoms with Gasteiger partial charge >= 0.3 is 0 Å². The first kappa shape index (κ1) is 17.2. The number of fused-ring (bicyclic) bond motifs is 1. The lowest BCUT2D eigenvalue weighted by Gasteiger charge is -2.25. The predicted octanol–water partition coefficient (Wildman–Crippen LogP) is 1.05. The molecule has 23 heavy (non-hydrogen) atoms. The summed E-state index contributed by atoms with van der Waals surface area (Å²) in [6, 6.07) is 5.26. The van der Waals surface area contributed by atoms with Gasteiger partial charge < -0.3 is 20.6 Å². The zero-order valence-electron chi connectivity index (χ0n) is 13.6. The van der Waals surface area contributed by atoms with Gasteiger partial charge in [0.15, 0.2) is 5.11 Å². The van der Waals surface area contributed by atoms with Crippen molar-refractivity contribution in [2.45, 2.75) is 19.4 Å². The molecule has 0 fully saturated rings. The van der Waals surface area contributed by atoms with Gasteiger partial charge in [0.1, 0.15) is 0 Å². The number of aromatic amines is 1. The van der Waals surface area contributed by atoms with Crippen molar-refractivity contribution < 1.29 is 5.11 Å². The van der Waals surface area contributed by atoms with Gasteiger partial charge in [-0.1, -0.05) is 0 Å². The third-order valence-electron chi connectivity index (χ3n) is 3.22. The molecule has 0 saturated carbocycles. The van der Waals surface area contributed by atoms with E-state index in [-0.39, 0.29) is 12.2 Å². The average molecular weight is 335 g/mol. The first-order valence-corrected chi connectivity index (χ1v) is 7.54. The lowest BCUT2D eigenvalue weighted by atomic mass is 10.1. The molecule has 0 aliphatic rings. The number of aliphatic hydroxyl groups is 1. The summed E-state index contributed by atoms with van der Waals surface area (Å²) in [4.78, 5) is 21.0. The third-order valence-corrected chi connectivity index (χ3v) is 3.43. The second-order valence-electron chi connectivity index (χ2n) is 6.14. The Labute approximate surface area is 139 Å². The van der Waals surface area contributed by atoms with Crippen molar-refractivity contribution in [2.24, 2.45) is 0 Å². The second kappa shape index (κ2) is 6.51. The number of nitrogens with one attached hydrogen (secondary N) is 3. The van der Waals surface area contributed by atoms with E-state index in [0.29, 0.717) is 27.7 Å². The molecule has 0 bridgehead atoms. The van der Waals surface area contributed by atoms with Crippen LogP contribution in [0.15, 0.2) is 23.0 Å². The van der Waals surface area contributed by atoms with Crippen LogP contribution in [-0.4, -0.2) is 46.4 Å². The molecule has 0 amide bonds. The van der Waals surface area contributed by atoms with Gasteiger partial charge in [0.05, 0.1) is 23.0 Å². The zero-order valence-corrected chi connectivity index (χ0v) is 14.4. The van der Waals surface area contributed by atoms with Gasteiger partial charge in [-0.3, -0.25) is 9.78 Å². The summed E-state index contributed by atoms with van der Waals surface area (Å²) in [5.74, 6) is 0.505. The molecule has 0 spiro atoms. The van der Waals surface area contributed by atoms with E-state index in [4.69, 9.17) is 12.2 Å². The molecule has 1 aromatic heterocycles. The smallest absolute Gasteiger partial charge is 0.260 e. The molecular weight excluding hydrogens is 314 g/mol. The number of aliphatic hydroxyl groups excluding tert-OH is 1. The molecular formula is C15H21N5O2S. The summed E-state index contributed by atoms with van der Waals surface area (Å²) in [6.07, 6.45) is 0. The fraction of sp³-hybridized carbons (Fsp3) is 0.400. The van der Waals surface area contributed by atoms with Crippen LogP contribution in [0.3, 0.4) is 0 Å². The molecule has 1 heterocycles. The Kier molecular flexibility index (Phi) is 4.86. The summed E-state index contributed by atoms with van der Waals surface area (Å²) in [5, 5.41) is 16.1. The van der Waals surface area contributed by atoms with E-state index in [1.54, 1.807) is 23.1 Å². The van der Waals surface area contributed by atoms with Crippen molar-refractivity contribution in [1.82, 2.24) is 15.3 Å². The van der Waals surface area contributed by atoms with Crippen molar-refractivity contribution in [1.29, 1.82) is 0 Å². The highest BCUT2D eigenvalue weighted by molar-refractivity contribution is 7.80. The Hall–Kier alpha value is -2.19. The van der Waals surface area contributed by atoms with Crippen molar-refractivity contribution in [2.75, 3.05) is 30.9 Å². The molecule has 0 aliphatic carbocycles. The van der Waals surface area contributed by atoms with E-state index in [0.717, 1.165) is 0 Å². The van der Waals surface area contributed by atoms with E-state index in [1.807, 2.05) is 27.9 Å². The summed E-state index contributed by atoms with van der Waals surface area (Å²) >= 11 is 5.22. The number of H-pyrrole nitrogens is 1. The van der Waals surface area contributed by atoms with E-state index >= 15 is 0 Å². The number of nitrogens with zero attached hydrogens (tertiary/aromatic N) is 2. The van der Waals surface area contributed by atoms with Gasteiger partial charge in [-0.15, -0.1) is 0 Å². The van der Waals surface area contributed by atoms with Gasteiger partial charge in [0.25, 0.3) is 5.56 Å². The minimum absolute atomic E-state index is 0.0521. The van der Waals surface area contributed by atoms with Crippen molar-refractivity contribution >= 4 is 39.9 Å². The highest BCUT2D eigenvalue weighted by Gasteiger charge is 2.17. The topological polar surface area (TPSA) is 93.3 Å². The molecule has 124 valence electrons. The summed E-state index contributed by atoms with van der Waals surface area (Å²) in [7, 11) is 3.63. The standard InChI is InChI=1S/C15H21N5O2S/c1-15(2,8-21)19-14(23)16-9-5-6-11-10(7-9)12(22)18-13(17-11)20(3)4/h5-7,21H,8H2,1-4H3,(H2,16,19,23)(H,17,18,22). The molecule has 0 unspecified atom stereocenters. The minimum Gasteiger partial charge on any atom is -0.394 e. The zero-order chi connectivity index (χ0) is 17.2. The van der Waals surface area contributed by atoms with Crippen LogP contribution < -0.4 is 21.1 Å². The number of benzene rings is 1. The SMILES string of the molecule is CN(C)c1nc2ccc(NC(=S)NC(C)(C)CO)cc2c(=O)[nH]1. The molecule has 2 rings (SSSR count). The number of anilines is 2. The lowest BCUT2D eigenvalue weighted by Crippen LogP contribution is -2.47. The number of rotatable bonds is 4. The van der Waals surface area contributed by atoms with E-state index in [2.05, 4.69) is 20.6 Å².